The molecule has 0 aliphatic rings. The highest BCUT2D eigenvalue weighted by Gasteiger charge is 2.21. The second kappa shape index (κ2) is 8.13. The van der Waals surface area contributed by atoms with Crippen molar-refractivity contribution in [2.24, 2.45) is 11.3 Å². The second-order valence-electron chi connectivity index (χ2n) is 6.72. The minimum Gasteiger partial charge on any atom is -0.494 e. The van der Waals surface area contributed by atoms with Crippen LogP contribution in [0.15, 0.2) is 24.3 Å². The van der Waals surface area contributed by atoms with E-state index in [4.69, 9.17) is 17.0 Å². The Morgan fingerprint density at radius 1 is 1.32 bits per heavy atom. The Morgan fingerprint density at radius 2 is 2.00 bits per heavy atom. The van der Waals surface area contributed by atoms with Gasteiger partial charge in [0.15, 0.2) is 5.11 Å². The van der Waals surface area contributed by atoms with Crippen LogP contribution in [0.25, 0.3) is 0 Å². The van der Waals surface area contributed by atoms with E-state index >= 15 is 0 Å². The van der Waals surface area contributed by atoms with Gasteiger partial charge in [-0.05, 0) is 36.7 Å². The quantitative estimate of drug-likeness (QED) is 0.805. The Balaban J connectivity index is 2.55. The molecule has 0 bridgehead atoms. The molecule has 1 aromatic rings. The molecular weight excluding hydrogens is 296 g/mol. The second-order valence-corrected chi connectivity index (χ2v) is 7.13. The topological polar surface area (TPSA) is 50.4 Å². The molecule has 0 saturated heterocycles. The molecule has 0 aromatic heterocycles. The van der Waals surface area contributed by atoms with Gasteiger partial charge in [0.2, 0.25) is 5.91 Å². The van der Waals surface area contributed by atoms with Crippen molar-refractivity contribution in [3.05, 3.63) is 24.3 Å². The summed E-state index contributed by atoms with van der Waals surface area (Å²) >= 11 is 5.16. The van der Waals surface area contributed by atoms with Crippen molar-refractivity contribution >= 4 is 28.9 Å². The van der Waals surface area contributed by atoms with Gasteiger partial charge in [-0.1, -0.05) is 40.7 Å². The maximum Gasteiger partial charge on any atom is 0.231 e. The van der Waals surface area contributed by atoms with Gasteiger partial charge in [0.1, 0.15) is 5.75 Å². The van der Waals surface area contributed by atoms with E-state index < -0.39 is 5.41 Å². The summed E-state index contributed by atoms with van der Waals surface area (Å²) in [5, 5.41) is 5.98. The fraction of sp³-hybridized carbons (Fsp3) is 0.529. The number of ether oxygens (including phenoxy) is 1. The molecule has 122 valence electrons. The third-order valence-corrected chi connectivity index (χ3v) is 3.17. The molecule has 1 rings (SSSR count). The van der Waals surface area contributed by atoms with Crippen LogP contribution in [0.4, 0.5) is 5.69 Å². The zero-order valence-corrected chi connectivity index (χ0v) is 14.8. The zero-order valence-electron chi connectivity index (χ0n) is 14.0. The smallest absolute Gasteiger partial charge is 0.231 e. The molecule has 22 heavy (non-hydrogen) atoms. The van der Waals surface area contributed by atoms with Crippen LogP contribution in [0, 0.1) is 11.3 Å². The lowest BCUT2D eigenvalue weighted by Crippen LogP contribution is -2.41. The van der Waals surface area contributed by atoms with Crippen LogP contribution in [0.1, 0.15) is 41.0 Å². The van der Waals surface area contributed by atoms with Gasteiger partial charge in [-0.3, -0.25) is 4.79 Å². The molecule has 0 heterocycles. The predicted molar refractivity (Wildman–Crippen MR) is 95.2 cm³/mol. The van der Waals surface area contributed by atoms with Crippen molar-refractivity contribution in [2.45, 2.75) is 41.0 Å². The van der Waals surface area contributed by atoms with E-state index in [1.54, 1.807) is 0 Å². The molecule has 0 saturated carbocycles. The lowest BCUT2D eigenvalue weighted by Gasteiger charge is -2.18. The van der Waals surface area contributed by atoms with Crippen LogP contribution in [0.5, 0.6) is 5.75 Å². The summed E-state index contributed by atoms with van der Waals surface area (Å²) in [4.78, 5) is 11.9. The Hall–Kier alpha value is -1.62. The first-order chi connectivity index (χ1) is 10.2. The summed E-state index contributed by atoms with van der Waals surface area (Å²) in [7, 11) is 0. The average molecular weight is 322 g/mol. The van der Waals surface area contributed by atoms with Crippen LogP contribution in [0.2, 0.25) is 0 Å². The van der Waals surface area contributed by atoms with Crippen molar-refractivity contribution < 1.29 is 9.53 Å². The molecule has 0 unspecified atom stereocenters. The monoisotopic (exact) mass is 322 g/mol. The largest absolute Gasteiger partial charge is 0.494 e. The maximum atomic E-state index is 11.9. The number of nitrogens with one attached hydrogen (secondary N) is 2. The van der Waals surface area contributed by atoms with Crippen molar-refractivity contribution in [2.75, 3.05) is 11.9 Å². The summed E-state index contributed by atoms with van der Waals surface area (Å²) in [5.41, 5.74) is 0.314. The summed E-state index contributed by atoms with van der Waals surface area (Å²) in [5.74, 6) is 1.28. The Kier molecular flexibility index (Phi) is 6.81. The SMILES string of the molecule is CC(C)CCOc1cccc(NC(=S)NC(=O)C(C)(C)C)c1. The van der Waals surface area contributed by atoms with E-state index in [0.717, 1.165) is 17.9 Å². The fourth-order valence-electron chi connectivity index (χ4n) is 1.53. The Morgan fingerprint density at radius 3 is 2.59 bits per heavy atom. The van der Waals surface area contributed by atoms with Gasteiger partial charge >= 0.3 is 0 Å². The van der Waals surface area contributed by atoms with E-state index in [2.05, 4.69) is 24.5 Å². The highest BCUT2D eigenvalue weighted by Crippen LogP contribution is 2.18. The van der Waals surface area contributed by atoms with E-state index in [-0.39, 0.29) is 5.91 Å². The highest BCUT2D eigenvalue weighted by molar-refractivity contribution is 7.80. The minimum absolute atomic E-state index is 0.116. The van der Waals surface area contributed by atoms with Gasteiger partial charge in [0, 0.05) is 17.2 Å². The number of thiocarbonyl (C=S) groups is 1. The van der Waals surface area contributed by atoms with Crippen LogP contribution in [0.3, 0.4) is 0 Å². The summed E-state index contributed by atoms with van der Waals surface area (Å²) in [6.45, 7) is 10.5. The molecule has 1 aromatic carbocycles. The van der Waals surface area contributed by atoms with E-state index in [0.29, 0.717) is 17.6 Å². The molecule has 0 spiro atoms. The van der Waals surface area contributed by atoms with Gasteiger partial charge in [0.05, 0.1) is 6.61 Å². The molecule has 0 fully saturated rings. The molecule has 5 heteroatoms. The third kappa shape index (κ3) is 6.89. The lowest BCUT2D eigenvalue weighted by molar-refractivity contribution is -0.126. The van der Waals surface area contributed by atoms with Gasteiger partial charge in [-0.25, -0.2) is 0 Å². The number of rotatable bonds is 5. The summed E-state index contributed by atoms with van der Waals surface area (Å²) in [6, 6.07) is 7.55. The molecular formula is C17H26N2O2S. The van der Waals surface area contributed by atoms with Gasteiger partial charge in [-0.15, -0.1) is 0 Å². The maximum absolute atomic E-state index is 11.9. The molecule has 0 atom stereocenters. The van der Waals surface area contributed by atoms with Crippen LogP contribution in [-0.4, -0.2) is 17.6 Å². The minimum atomic E-state index is -0.479. The molecule has 0 aliphatic carbocycles. The first-order valence-corrected chi connectivity index (χ1v) is 7.94. The Labute approximate surface area is 138 Å². The average Bonchev–Trinajstić information content (AvgIpc) is 2.37. The molecule has 0 radical (unpaired) electrons. The number of amides is 1. The number of carbonyl (C=O) groups excluding carboxylic acids is 1. The molecule has 1 amide bonds. The van der Waals surface area contributed by atoms with Crippen LogP contribution in [-0.2, 0) is 4.79 Å². The van der Waals surface area contributed by atoms with Crippen molar-refractivity contribution in [1.29, 1.82) is 0 Å². The van der Waals surface area contributed by atoms with Crippen molar-refractivity contribution in [3.63, 3.8) is 0 Å². The highest BCUT2D eigenvalue weighted by atomic mass is 32.1. The van der Waals surface area contributed by atoms with E-state index in [1.807, 2.05) is 45.0 Å². The van der Waals surface area contributed by atoms with Gasteiger partial charge in [-0.2, -0.15) is 0 Å². The van der Waals surface area contributed by atoms with Crippen LogP contribution < -0.4 is 15.4 Å². The molecule has 2 N–H and O–H groups in total. The van der Waals surface area contributed by atoms with Crippen molar-refractivity contribution in [3.8, 4) is 5.75 Å². The number of hydrogen-bond donors (Lipinski definition) is 2. The van der Waals surface area contributed by atoms with Gasteiger partial charge < -0.3 is 15.4 Å². The van der Waals surface area contributed by atoms with Gasteiger partial charge in [0.25, 0.3) is 0 Å². The first-order valence-electron chi connectivity index (χ1n) is 7.54. The summed E-state index contributed by atoms with van der Waals surface area (Å²) in [6.07, 6.45) is 1.01. The number of hydrogen-bond acceptors (Lipinski definition) is 3. The number of carbonyl (C=O) groups is 1. The summed E-state index contributed by atoms with van der Waals surface area (Å²) < 4.78 is 5.70. The molecule has 4 nitrogen and oxygen atoms in total. The zero-order chi connectivity index (χ0) is 16.8. The number of benzene rings is 1. The standard InChI is InChI=1S/C17H26N2O2S/c1-12(2)9-10-21-14-8-6-7-13(11-14)18-16(22)19-15(20)17(3,4)5/h6-8,11-12H,9-10H2,1-5H3,(H2,18,19,20,22). The number of anilines is 1. The van der Waals surface area contributed by atoms with Crippen molar-refractivity contribution in [1.82, 2.24) is 5.32 Å². The van der Waals surface area contributed by atoms with Crippen LogP contribution >= 0.6 is 12.2 Å². The normalized spacial score (nSPS) is 11.2. The Bertz CT molecular complexity index is 522. The lowest BCUT2D eigenvalue weighted by atomic mass is 9.96. The molecule has 0 aliphatic heterocycles. The van der Waals surface area contributed by atoms with E-state index in [9.17, 15) is 4.79 Å². The fourth-order valence-corrected chi connectivity index (χ4v) is 1.74. The van der Waals surface area contributed by atoms with E-state index in [1.165, 1.54) is 0 Å². The third-order valence-electron chi connectivity index (χ3n) is 2.96. The first kappa shape index (κ1) is 18.4. The predicted octanol–water partition coefficient (Wildman–Crippen LogP) is 3.97.